The van der Waals surface area contributed by atoms with E-state index in [-0.39, 0.29) is 17.9 Å². The van der Waals surface area contributed by atoms with Crippen LogP contribution in [0.25, 0.3) is 21.1 Å². The summed E-state index contributed by atoms with van der Waals surface area (Å²) in [7, 11) is -2.32. The molecule has 0 radical (unpaired) electrons. The minimum atomic E-state index is -2.32. The Morgan fingerprint density at radius 2 is 2.06 bits per heavy atom. The molecule has 1 aliphatic rings. The SMILES string of the molecule is CC(C)Oc1ccc(-c2nnc(-c3cccc4c3CC[C@@H]4NCCC[SH](=O)=O)s2)cc1C#N. The second kappa shape index (κ2) is 10.4. The van der Waals surface area contributed by atoms with Gasteiger partial charge in [-0.3, -0.25) is 0 Å². The molecule has 0 spiro atoms. The van der Waals surface area contributed by atoms with E-state index in [1.165, 1.54) is 22.5 Å². The highest BCUT2D eigenvalue weighted by molar-refractivity contribution is 7.72. The number of thiol groups is 1. The van der Waals surface area contributed by atoms with Crippen LogP contribution in [0.5, 0.6) is 5.75 Å². The highest BCUT2D eigenvalue weighted by Crippen LogP contribution is 2.40. The molecule has 0 amide bonds. The lowest BCUT2D eigenvalue weighted by Gasteiger charge is -2.14. The molecule has 172 valence electrons. The third-order valence-corrected chi connectivity index (χ3v) is 7.23. The summed E-state index contributed by atoms with van der Waals surface area (Å²) in [6.07, 6.45) is 2.53. The van der Waals surface area contributed by atoms with Gasteiger partial charge in [0.2, 0.25) is 0 Å². The topological polar surface area (TPSA) is 105 Å². The zero-order chi connectivity index (χ0) is 23.4. The molecule has 9 heteroatoms. The first-order valence-electron chi connectivity index (χ1n) is 11.0. The van der Waals surface area contributed by atoms with Crippen molar-refractivity contribution in [3.63, 3.8) is 0 Å². The second-order valence-electron chi connectivity index (χ2n) is 8.23. The van der Waals surface area contributed by atoms with E-state index in [0.29, 0.717) is 24.3 Å². The molecule has 2 aromatic carbocycles. The van der Waals surface area contributed by atoms with Crippen molar-refractivity contribution >= 4 is 22.0 Å². The van der Waals surface area contributed by atoms with Crippen molar-refractivity contribution in [2.45, 2.75) is 45.3 Å². The fourth-order valence-corrected chi connectivity index (χ4v) is 5.42. The lowest BCUT2D eigenvalue weighted by atomic mass is 10.0. The van der Waals surface area contributed by atoms with Crippen LogP contribution in [0.1, 0.15) is 49.4 Å². The monoisotopic (exact) mass is 482 g/mol. The van der Waals surface area contributed by atoms with Crippen molar-refractivity contribution in [3.05, 3.63) is 53.1 Å². The van der Waals surface area contributed by atoms with Gasteiger partial charge in [0.25, 0.3) is 0 Å². The van der Waals surface area contributed by atoms with Crippen LogP contribution in [0.3, 0.4) is 0 Å². The molecule has 1 atom stereocenters. The standard InChI is InChI=1S/C24H26N4O3S2/c1-15(2)31-22-10-7-16(13-17(22)14-25)23-27-28-24(32-23)20-6-3-5-19-18(20)8-9-21(19)26-11-4-12-33(29)30/h3,5-7,10,13,15,21,26,33H,4,8-9,11-12H2,1-2H3/t21-/m0/s1. The maximum atomic E-state index is 10.8. The van der Waals surface area contributed by atoms with Crippen molar-refractivity contribution in [2.75, 3.05) is 12.3 Å². The molecule has 7 nitrogen and oxygen atoms in total. The first-order valence-corrected chi connectivity index (χ1v) is 13.2. The van der Waals surface area contributed by atoms with E-state index >= 15 is 0 Å². The van der Waals surface area contributed by atoms with Crippen LogP contribution in [0.2, 0.25) is 0 Å². The zero-order valence-electron chi connectivity index (χ0n) is 18.6. The molecule has 0 aliphatic heterocycles. The third-order valence-electron chi connectivity index (χ3n) is 5.54. The molecule has 3 aromatic rings. The van der Waals surface area contributed by atoms with Crippen molar-refractivity contribution in [2.24, 2.45) is 0 Å². The number of rotatable bonds is 9. The predicted molar refractivity (Wildman–Crippen MR) is 130 cm³/mol. The fraction of sp³-hybridized carbons (Fsp3) is 0.375. The molecule has 4 rings (SSSR count). The maximum absolute atomic E-state index is 10.8. The first kappa shape index (κ1) is 23.4. The molecular weight excluding hydrogens is 456 g/mol. The van der Waals surface area contributed by atoms with Crippen molar-refractivity contribution in [1.29, 1.82) is 5.26 Å². The molecule has 1 heterocycles. The molecule has 1 aromatic heterocycles. The summed E-state index contributed by atoms with van der Waals surface area (Å²) in [6.45, 7) is 4.54. The summed E-state index contributed by atoms with van der Waals surface area (Å²) >= 11 is 1.51. The Labute approximate surface area is 199 Å². The number of hydrogen-bond donors (Lipinski definition) is 2. The fourth-order valence-electron chi connectivity index (χ4n) is 4.11. The number of aromatic nitrogens is 2. The molecule has 0 saturated carbocycles. The van der Waals surface area contributed by atoms with Gasteiger partial charge >= 0.3 is 0 Å². The smallest absolute Gasteiger partial charge is 0.148 e. The number of fused-ring (bicyclic) bond motifs is 1. The van der Waals surface area contributed by atoms with E-state index < -0.39 is 10.7 Å². The van der Waals surface area contributed by atoms with E-state index in [2.05, 4.69) is 33.7 Å². The first-order chi connectivity index (χ1) is 16.0. The highest BCUT2D eigenvalue weighted by atomic mass is 32.2. The van der Waals surface area contributed by atoms with Crippen molar-refractivity contribution < 1.29 is 13.2 Å². The normalized spacial score (nSPS) is 15.1. The summed E-state index contributed by atoms with van der Waals surface area (Å²) in [4.78, 5) is 0. The van der Waals surface area contributed by atoms with Crippen molar-refractivity contribution in [3.8, 4) is 33.0 Å². The van der Waals surface area contributed by atoms with Gasteiger partial charge in [0.05, 0.1) is 11.7 Å². The minimum absolute atomic E-state index is 0.00859. The van der Waals surface area contributed by atoms with Gasteiger partial charge < -0.3 is 10.1 Å². The van der Waals surface area contributed by atoms with Crippen LogP contribution in [-0.2, 0) is 17.1 Å². The van der Waals surface area contributed by atoms with Gasteiger partial charge in [-0.05, 0) is 69.0 Å². The Bertz CT molecular complexity index is 1250. The van der Waals surface area contributed by atoms with Crippen LogP contribution >= 0.6 is 11.3 Å². The Balaban J connectivity index is 1.55. The molecule has 0 bridgehead atoms. The van der Waals surface area contributed by atoms with E-state index in [9.17, 15) is 13.7 Å². The molecule has 0 unspecified atom stereocenters. The highest BCUT2D eigenvalue weighted by Gasteiger charge is 2.25. The molecular formula is C24H26N4O3S2. The Morgan fingerprint density at radius 1 is 1.24 bits per heavy atom. The van der Waals surface area contributed by atoms with Gasteiger partial charge in [-0.1, -0.05) is 29.5 Å². The lowest BCUT2D eigenvalue weighted by Crippen LogP contribution is -2.21. The van der Waals surface area contributed by atoms with Gasteiger partial charge in [0.1, 0.15) is 32.5 Å². The summed E-state index contributed by atoms with van der Waals surface area (Å²) in [5.41, 5.74) is 4.93. The van der Waals surface area contributed by atoms with E-state index in [1.807, 2.05) is 32.0 Å². The Morgan fingerprint density at radius 3 is 2.82 bits per heavy atom. The Hall–Kier alpha value is -2.80. The van der Waals surface area contributed by atoms with Gasteiger partial charge in [0, 0.05) is 22.9 Å². The minimum Gasteiger partial charge on any atom is -0.490 e. The van der Waals surface area contributed by atoms with Gasteiger partial charge in [-0.15, -0.1) is 10.2 Å². The summed E-state index contributed by atoms with van der Waals surface area (Å²) in [6, 6.07) is 14.2. The van der Waals surface area contributed by atoms with Crippen LogP contribution in [0, 0.1) is 11.3 Å². The third kappa shape index (κ3) is 5.41. The average Bonchev–Trinajstić information content (AvgIpc) is 3.44. The number of nitrogens with one attached hydrogen (secondary N) is 1. The lowest BCUT2D eigenvalue weighted by molar-refractivity contribution is 0.242. The van der Waals surface area contributed by atoms with Crippen LogP contribution in [-0.4, -0.2) is 37.0 Å². The number of benzene rings is 2. The Kier molecular flexibility index (Phi) is 7.38. The van der Waals surface area contributed by atoms with E-state index in [4.69, 9.17) is 4.74 Å². The predicted octanol–water partition coefficient (Wildman–Crippen LogP) is 4.11. The van der Waals surface area contributed by atoms with Gasteiger partial charge in [0.15, 0.2) is 0 Å². The van der Waals surface area contributed by atoms with E-state index in [1.54, 1.807) is 6.07 Å². The zero-order valence-corrected chi connectivity index (χ0v) is 20.3. The number of ether oxygens (including phenoxy) is 1. The molecule has 0 saturated heterocycles. The van der Waals surface area contributed by atoms with Crippen LogP contribution in [0.15, 0.2) is 36.4 Å². The number of nitriles is 1. The molecule has 33 heavy (non-hydrogen) atoms. The largest absolute Gasteiger partial charge is 0.490 e. The van der Waals surface area contributed by atoms with Crippen LogP contribution in [0.4, 0.5) is 0 Å². The quantitative estimate of drug-likeness (QED) is 0.349. The number of hydrogen-bond acceptors (Lipinski definition) is 8. The number of nitrogens with zero attached hydrogens (tertiary/aromatic N) is 3. The van der Waals surface area contributed by atoms with Gasteiger partial charge in [-0.2, -0.15) is 5.26 Å². The maximum Gasteiger partial charge on any atom is 0.148 e. The summed E-state index contributed by atoms with van der Waals surface area (Å²) in [5, 5.41) is 23.5. The van der Waals surface area contributed by atoms with E-state index in [0.717, 1.165) is 34.0 Å². The summed E-state index contributed by atoms with van der Waals surface area (Å²) < 4.78 is 27.3. The molecule has 1 N–H and O–H groups in total. The van der Waals surface area contributed by atoms with Gasteiger partial charge in [-0.25, -0.2) is 8.42 Å². The summed E-state index contributed by atoms with van der Waals surface area (Å²) in [5.74, 6) is 0.788. The molecule has 0 fully saturated rings. The van der Waals surface area contributed by atoms with Crippen molar-refractivity contribution in [1.82, 2.24) is 15.5 Å². The average molecular weight is 483 g/mol. The molecule has 1 aliphatic carbocycles. The van der Waals surface area contributed by atoms with Crippen LogP contribution < -0.4 is 10.1 Å². The second-order valence-corrected chi connectivity index (χ2v) is 10.3.